The van der Waals surface area contributed by atoms with Gasteiger partial charge in [-0.05, 0) is 50.9 Å². The van der Waals surface area contributed by atoms with Crippen molar-refractivity contribution in [2.75, 3.05) is 20.7 Å². The Morgan fingerprint density at radius 1 is 1.30 bits per heavy atom. The molecule has 0 bridgehead atoms. The van der Waals surface area contributed by atoms with Gasteiger partial charge in [0, 0.05) is 17.5 Å². The molecule has 4 rings (SSSR count). The van der Waals surface area contributed by atoms with Crippen molar-refractivity contribution in [3.8, 4) is 11.5 Å². The Labute approximate surface area is 120 Å². The number of hydrogen-bond donors (Lipinski definition) is 0. The normalized spacial score (nSPS) is 32.0. The SMILES string of the molecule is COc1ccc2c3c1OC1CCCC[C@@]31CCN(C)C2. The van der Waals surface area contributed by atoms with Crippen LogP contribution in [-0.2, 0) is 12.0 Å². The fraction of sp³-hybridized carbons (Fsp3) is 0.647. The number of rotatable bonds is 1. The predicted molar refractivity (Wildman–Crippen MR) is 78.5 cm³/mol. The maximum atomic E-state index is 6.40. The lowest BCUT2D eigenvalue weighted by Crippen LogP contribution is -2.42. The van der Waals surface area contributed by atoms with Crippen molar-refractivity contribution < 1.29 is 9.47 Å². The first-order chi connectivity index (χ1) is 9.74. The molecule has 0 radical (unpaired) electrons. The van der Waals surface area contributed by atoms with Gasteiger partial charge in [0.05, 0.1) is 7.11 Å². The van der Waals surface area contributed by atoms with Gasteiger partial charge in [-0.3, -0.25) is 0 Å². The molecule has 0 saturated heterocycles. The van der Waals surface area contributed by atoms with Crippen molar-refractivity contribution in [3.63, 3.8) is 0 Å². The van der Waals surface area contributed by atoms with Crippen LogP contribution in [-0.4, -0.2) is 31.7 Å². The molecule has 2 atom stereocenters. The molecular formula is C17H23NO2. The van der Waals surface area contributed by atoms with Gasteiger partial charge in [0.15, 0.2) is 11.5 Å². The largest absolute Gasteiger partial charge is 0.493 e. The lowest BCUT2D eigenvalue weighted by Gasteiger charge is -2.38. The van der Waals surface area contributed by atoms with Crippen LogP contribution in [0.2, 0.25) is 0 Å². The van der Waals surface area contributed by atoms with Gasteiger partial charge in [-0.15, -0.1) is 0 Å². The van der Waals surface area contributed by atoms with E-state index in [4.69, 9.17) is 9.47 Å². The van der Waals surface area contributed by atoms with Gasteiger partial charge < -0.3 is 14.4 Å². The molecule has 20 heavy (non-hydrogen) atoms. The van der Waals surface area contributed by atoms with E-state index in [0.29, 0.717) is 6.10 Å². The Morgan fingerprint density at radius 3 is 3.05 bits per heavy atom. The second-order valence-corrected chi connectivity index (χ2v) is 6.63. The molecule has 1 spiro atoms. The van der Waals surface area contributed by atoms with Crippen molar-refractivity contribution in [1.29, 1.82) is 0 Å². The molecule has 3 aliphatic rings. The first kappa shape index (κ1) is 12.5. The molecule has 0 N–H and O–H groups in total. The van der Waals surface area contributed by atoms with Crippen LogP contribution in [0.15, 0.2) is 12.1 Å². The highest BCUT2D eigenvalue weighted by Crippen LogP contribution is 2.57. The van der Waals surface area contributed by atoms with Gasteiger partial charge in [-0.1, -0.05) is 12.5 Å². The molecule has 1 unspecified atom stereocenters. The second-order valence-electron chi connectivity index (χ2n) is 6.63. The van der Waals surface area contributed by atoms with Crippen molar-refractivity contribution >= 4 is 0 Å². The maximum Gasteiger partial charge on any atom is 0.165 e. The average molecular weight is 273 g/mol. The van der Waals surface area contributed by atoms with Gasteiger partial charge in [0.2, 0.25) is 0 Å². The third-order valence-corrected chi connectivity index (χ3v) is 5.52. The summed E-state index contributed by atoms with van der Waals surface area (Å²) in [7, 11) is 3.98. The summed E-state index contributed by atoms with van der Waals surface area (Å²) in [6, 6.07) is 4.33. The smallest absolute Gasteiger partial charge is 0.165 e. The molecule has 0 amide bonds. The van der Waals surface area contributed by atoms with Crippen molar-refractivity contribution in [2.45, 2.75) is 50.2 Å². The van der Waals surface area contributed by atoms with Crippen molar-refractivity contribution in [1.82, 2.24) is 4.90 Å². The molecular weight excluding hydrogens is 250 g/mol. The highest BCUT2D eigenvalue weighted by molar-refractivity contribution is 5.58. The van der Waals surface area contributed by atoms with E-state index in [-0.39, 0.29) is 5.41 Å². The maximum absolute atomic E-state index is 6.40. The number of methoxy groups -OCH3 is 1. The van der Waals surface area contributed by atoms with E-state index in [2.05, 4.69) is 24.1 Å². The second kappa shape index (κ2) is 4.39. The number of ether oxygens (including phenoxy) is 2. The Balaban J connectivity index is 1.94. The van der Waals surface area contributed by atoms with Crippen molar-refractivity contribution in [2.24, 2.45) is 0 Å². The Hall–Kier alpha value is -1.22. The van der Waals surface area contributed by atoms with Gasteiger partial charge in [0.25, 0.3) is 0 Å². The zero-order valence-corrected chi connectivity index (χ0v) is 12.4. The summed E-state index contributed by atoms with van der Waals surface area (Å²) in [5, 5.41) is 0. The molecule has 0 aromatic heterocycles. The minimum Gasteiger partial charge on any atom is -0.493 e. The molecule has 3 heteroatoms. The quantitative estimate of drug-likeness (QED) is 0.785. The van der Waals surface area contributed by atoms with Crippen molar-refractivity contribution in [3.05, 3.63) is 23.3 Å². The van der Waals surface area contributed by atoms with E-state index < -0.39 is 0 Å². The fourth-order valence-electron chi connectivity index (χ4n) is 4.54. The average Bonchev–Trinajstić information content (AvgIpc) is 2.74. The molecule has 1 aliphatic carbocycles. The molecule has 108 valence electrons. The minimum absolute atomic E-state index is 0.252. The summed E-state index contributed by atoms with van der Waals surface area (Å²) in [5.41, 5.74) is 3.18. The summed E-state index contributed by atoms with van der Waals surface area (Å²) >= 11 is 0. The minimum atomic E-state index is 0.252. The summed E-state index contributed by atoms with van der Waals surface area (Å²) in [6.45, 7) is 2.19. The molecule has 3 nitrogen and oxygen atoms in total. The van der Waals surface area contributed by atoms with Crippen LogP contribution in [0, 0.1) is 0 Å². The van der Waals surface area contributed by atoms with Gasteiger partial charge in [-0.25, -0.2) is 0 Å². The third kappa shape index (κ3) is 1.56. The Bertz CT molecular complexity index is 542. The first-order valence-corrected chi connectivity index (χ1v) is 7.80. The molecule has 1 saturated carbocycles. The lowest BCUT2D eigenvalue weighted by molar-refractivity contribution is 0.0869. The molecule has 1 aromatic rings. The fourth-order valence-corrected chi connectivity index (χ4v) is 4.54. The van der Waals surface area contributed by atoms with Crippen LogP contribution < -0.4 is 9.47 Å². The molecule has 1 fully saturated rings. The highest BCUT2D eigenvalue weighted by atomic mass is 16.5. The van der Waals surface area contributed by atoms with Crippen LogP contribution in [0.1, 0.15) is 43.2 Å². The van der Waals surface area contributed by atoms with E-state index in [1.165, 1.54) is 43.2 Å². The molecule has 2 heterocycles. The van der Waals surface area contributed by atoms with E-state index >= 15 is 0 Å². The van der Waals surface area contributed by atoms with Crippen LogP contribution in [0.4, 0.5) is 0 Å². The number of nitrogens with zero attached hydrogens (tertiary/aromatic N) is 1. The lowest BCUT2D eigenvalue weighted by atomic mass is 9.66. The Kier molecular flexibility index (Phi) is 2.75. The van der Waals surface area contributed by atoms with Gasteiger partial charge in [-0.2, -0.15) is 0 Å². The Morgan fingerprint density at radius 2 is 2.20 bits per heavy atom. The van der Waals surface area contributed by atoms with Gasteiger partial charge in [0.1, 0.15) is 6.10 Å². The van der Waals surface area contributed by atoms with E-state index in [1.807, 2.05) is 0 Å². The predicted octanol–water partition coefficient (Wildman–Crippen LogP) is 3.10. The van der Waals surface area contributed by atoms with E-state index in [1.54, 1.807) is 7.11 Å². The summed E-state index contributed by atoms with van der Waals surface area (Å²) in [6.07, 6.45) is 6.70. The zero-order valence-electron chi connectivity index (χ0n) is 12.4. The van der Waals surface area contributed by atoms with E-state index in [9.17, 15) is 0 Å². The van der Waals surface area contributed by atoms with E-state index in [0.717, 1.165) is 24.6 Å². The first-order valence-electron chi connectivity index (χ1n) is 7.80. The van der Waals surface area contributed by atoms with Crippen LogP contribution in [0.5, 0.6) is 11.5 Å². The number of hydrogen-bond acceptors (Lipinski definition) is 3. The molecule has 1 aromatic carbocycles. The topological polar surface area (TPSA) is 21.7 Å². The summed E-state index contributed by atoms with van der Waals surface area (Å²) in [5.74, 6) is 1.97. The number of benzene rings is 1. The van der Waals surface area contributed by atoms with Gasteiger partial charge >= 0.3 is 0 Å². The standard InChI is InChI=1S/C17H23NO2/c1-18-10-9-17-8-4-3-5-14(17)20-16-13(19-2)7-6-12(11-18)15(16)17/h6-7,14H,3-5,8-11H2,1-2H3/t14?,17-/m0/s1. The highest BCUT2D eigenvalue weighted by Gasteiger charge is 2.52. The molecule has 2 aliphatic heterocycles. The monoisotopic (exact) mass is 273 g/mol. The summed E-state index contributed by atoms with van der Waals surface area (Å²) in [4.78, 5) is 2.45. The van der Waals surface area contributed by atoms with Crippen LogP contribution in [0.25, 0.3) is 0 Å². The summed E-state index contributed by atoms with van der Waals surface area (Å²) < 4.78 is 12.0. The zero-order chi connectivity index (χ0) is 13.7. The third-order valence-electron chi connectivity index (χ3n) is 5.52. The van der Waals surface area contributed by atoms with Crippen LogP contribution in [0.3, 0.4) is 0 Å². The van der Waals surface area contributed by atoms with Crippen LogP contribution >= 0.6 is 0 Å².